The smallest absolute Gasteiger partial charge is 0.339 e. The molecule has 7 heteroatoms. The van der Waals surface area contributed by atoms with Gasteiger partial charge in [-0.15, -0.1) is 5.10 Å². The molecule has 0 aliphatic carbocycles. The van der Waals surface area contributed by atoms with E-state index in [0.717, 1.165) is 5.69 Å². The Kier molecular flexibility index (Phi) is 4.84. The number of anilines is 4. The Morgan fingerprint density at radius 2 is 1.80 bits per heavy atom. The van der Waals surface area contributed by atoms with E-state index in [4.69, 9.17) is 4.74 Å². The van der Waals surface area contributed by atoms with Crippen molar-refractivity contribution >= 4 is 29.1 Å². The van der Waals surface area contributed by atoms with E-state index in [-0.39, 0.29) is 5.95 Å². The molecule has 25 heavy (non-hydrogen) atoms. The highest BCUT2D eigenvalue weighted by Crippen LogP contribution is 2.23. The Bertz CT molecular complexity index is 870. The van der Waals surface area contributed by atoms with Crippen LogP contribution in [0.25, 0.3) is 0 Å². The third kappa shape index (κ3) is 3.72. The van der Waals surface area contributed by atoms with Crippen molar-refractivity contribution in [1.82, 2.24) is 15.2 Å². The van der Waals surface area contributed by atoms with E-state index in [1.165, 1.54) is 7.11 Å². The van der Waals surface area contributed by atoms with Crippen LogP contribution >= 0.6 is 0 Å². The molecule has 0 radical (unpaired) electrons. The number of benzene rings is 2. The molecule has 0 amide bonds. The molecule has 0 aliphatic rings. The van der Waals surface area contributed by atoms with Gasteiger partial charge in [0.05, 0.1) is 24.6 Å². The molecule has 3 rings (SSSR count). The lowest BCUT2D eigenvalue weighted by Crippen LogP contribution is -2.13. The summed E-state index contributed by atoms with van der Waals surface area (Å²) >= 11 is 0. The second-order valence-corrected chi connectivity index (χ2v) is 5.19. The van der Waals surface area contributed by atoms with E-state index < -0.39 is 5.97 Å². The maximum atomic E-state index is 11.9. The topological polar surface area (TPSA) is 80.2 Å². The SMILES string of the molecule is COC(=O)c1ccccc1Nc1nncc(N(C)c2ccccc2)n1. The van der Waals surface area contributed by atoms with Crippen molar-refractivity contribution in [2.75, 3.05) is 24.4 Å². The normalized spacial score (nSPS) is 10.2. The van der Waals surface area contributed by atoms with E-state index in [0.29, 0.717) is 17.1 Å². The molecule has 1 aromatic heterocycles. The van der Waals surface area contributed by atoms with Crippen LogP contribution in [0.5, 0.6) is 0 Å². The van der Waals surface area contributed by atoms with Gasteiger partial charge in [0, 0.05) is 12.7 Å². The van der Waals surface area contributed by atoms with E-state index >= 15 is 0 Å². The first-order chi connectivity index (χ1) is 12.2. The molecule has 2 aromatic carbocycles. The first-order valence-corrected chi connectivity index (χ1v) is 7.62. The zero-order valence-corrected chi connectivity index (χ0v) is 13.9. The Morgan fingerprint density at radius 3 is 2.56 bits per heavy atom. The maximum Gasteiger partial charge on any atom is 0.339 e. The van der Waals surface area contributed by atoms with Gasteiger partial charge in [-0.2, -0.15) is 10.1 Å². The minimum absolute atomic E-state index is 0.289. The number of para-hydroxylation sites is 2. The second kappa shape index (κ2) is 7.39. The summed E-state index contributed by atoms with van der Waals surface area (Å²) in [6.07, 6.45) is 1.57. The Balaban J connectivity index is 1.87. The molecule has 0 aliphatic heterocycles. The number of nitrogens with zero attached hydrogens (tertiary/aromatic N) is 4. The second-order valence-electron chi connectivity index (χ2n) is 5.19. The highest BCUT2D eigenvalue weighted by atomic mass is 16.5. The van der Waals surface area contributed by atoms with Crippen LogP contribution in [0.2, 0.25) is 0 Å². The Labute approximate surface area is 145 Å². The number of rotatable bonds is 5. The van der Waals surface area contributed by atoms with Crippen LogP contribution in [0, 0.1) is 0 Å². The number of aromatic nitrogens is 3. The molecule has 0 unspecified atom stereocenters. The van der Waals surface area contributed by atoms with Crippen LogP contribution < -0.4 is 10.2 Å². The zero-order valence-electron chi connectivity index (χ0n) is 13.9. The maximum absolute atomic E-state index is 11.9. The number of hydrogen-bond acceptors (Lipinski definition) is 7. The summed E-state index contributed by atoms with van der Waals surface area (Å²) in [5.41, 5.74) is 1.93. The number of hydrogen-bond donors (Lipinski definition) is 1. The van der Waals surface area contributed by atoms with Crippen molar-refractivity contribution in [1.29, 1.82) is 0 Å². The highest BCUT2D eigenvalue weighted by molar-refractivity contribution is 5.96. The van der Waals surface area contributed by atoms with Gasteiger partial charge in [-0.1, -0.05) is 30.3 Å². The van der Waals surface area contributed by atoms with Crippen molar-refractivity contribution in [3.05, 3.63) is 66.4 Å². The van der Waals surface area contributed by atoms with Gasteiger partial charge in [0.1, 0.15) is 0 Å². The first-order valence-electron chi connectivity index (χ1n) is 7.62. The summed E-state index contributed by atoms with van der Waals surface area (Å²) in [4.78, 5) is 18.2. The summed E-state index contributed by atoms with van der Waals surface area (Å²) in [7, 11) is 3.23. The summed E-state index contributed by atoms with van der Waals surface area (Å²) < 4.78 is 4.79. The Hall–Kier alpha value is -3.48. The summed E-state index contributed by atoms with van der Waals surface area (Å²) in [5, 5.41) is 11.0. The number of ether oxygens (including phenoxy) is 1. The van der Waals surface area contributed by atoms with Crippen molar-refractivity contribution in [3.63, 3.8) is 0 Å². The average molecular weight is 335 g/mol. The molecule has 0 spiro atoms. The van der Waals surface area contributed by atoms with Crippen molar-refractivity contribution in [2.24, 2.45) is 0 Å². The van der Waals surface area contributed by atoms with Crippen LogP contribution in [0.3, 0.4) is 0 Å². The summed E-state index contributed by atoms with van der Waals surface area (Å²) in [5.74, 6) is 0.476. The molecule has 0 saturated heterocycles. The number of methoxy groups -OCH3 is 1. The summed E-state index contributed by atoms with van der Waals surface area (Å²) in [6.45, 7) is 0. The molecule has 0 saturated carbocycles. The van der Waals surface area contributed by atoms with Gasteiger partial charge in [0.25, 0.3) is 0 Å². The van der Waals surface area contributed by atoms with Gasteiger partial charge in [-0.05, 0) is 24.3 Å². The highest BCUT2D eigenvalue weighted by Gasteiger charge is 2.13. The molecule has 126 valence electrons. The predicted molar refractivity (Wildman–Crippen MR) is 95.4 cm³/mol. The lowest BCUT2D eigenvalue weighted by atomic mass is 10.2. The third-order valence-electron chi connectivity index (χ3n) is 3.61. The van der Waals surface area contributed by atoms with E-state index in [9.17, 15) is 4.79 Å². The van der Waals surface area contributed by atoms with Crippen LogP contribution in [-0.2, 0) is 4.74 Å². The number of carbonyl (C=O) groups excluding carboxylic acids is 1. The van der Waals surface area contributed by atoms with E-state index in [1.54, 1.807) is 24.4 Å². The van der Waals surface area contributed by atoms with Crippen LogP contribution in [0.1, 0.15) is 10.4 Å². The van der Waals surface area contributed by atoms with Crippen molar-refractivity contribution in [2.45, 2.75) is 0 Å². The molecule has 0 bridgehead atoms. The molecule has 3 aromatic rings. The lowest BCUT2D eigenvalue weighted by molar-refractivity contribution is 0.0602. The number of carbonyl (C=O) groups is 1. The minimum Gasteiger partial charge on any atom is -0.465 e. The average Bonchev–Trinajstić information content (AvgIpc) is 2.68. The fourth-order valence-electron chi connectivity index (χ4n) is 2.29. The van der Waals surface area contributed by atoms with Gasteiger partial charge < -0.3 is 15.0 Å². The first kappa shape index (κ1) is 16.4. The van der Waals surface area contributed by atoms with Gasteiger partial charge in [-0.25, -0.2) is 4.79 Å². The van der Waals surface area contributed by atoms with Crippen LogP contribution in [0.4, 0.5) is 23.1 Å². The molecular formula is C18H17N5O2. The Morgan fingerprint density at radius 1 is 1.08 bits per heavy atom. The van der Waals surface area contributed by atoms with Crippen LogP contribution in [0.15, 0.2) is 60.8 Å². The molecule has 1 heterocycles. The van der Waals surface area contributed by atoms with Gasteiger partial charge >= 0.3 is 5.97 Å². The monoisotopic (exact) mass is 335 g/mol. The van der Waals surface area contributed by atoms with Crippen molar-refractivity contribution in [3.8, 4) is 0 Å². The minimum atomic E-state index is -0.436. The van der Waals surface area contributed by atoms with Crippen LogP contribution in [-0.4, -0.2) is 35.3 Å². The van der Waals surface area contributed by atoms with E-state index in [1.807, 2.05) is 48.3 Å². The fourth-order valence-corrected chi connectivity index (χ4v) is 2.29. The molecule has 7 nitrogen and oxygen atoms in total. The zero-order chi connectivity index (χ0) is 17.6. The van der Waals surface area contributed by atoms with Gasteiger partial charge in [-0.3, -0.25) is 0 Å². The quantitative estimate of drug-likeness (QED) is 0.717. The molecule has 0 atom stereocenters. The van der Waals surface area contributed by atoms with Crippen molar-refractivity contribution < 1.29 is 9.53 Å². The molecule has 1 N–H and O–H groups in total. The van der Waals surface area contributed by atoms with Gasteiger partial charge in [0.2, 0.25) is 5.95 Å². The predicted octanol–water partition coefficient (Wildman–Crippen LogP) is 3.17. The molecule has 0 fully saturated rings. The molecular weight excluding hydrogens is 318 g/mol. The number of nitrogens with one attached hydrogen (secondary N) is 1. The largest absolute Gasteiger partial charge is 0.465 e. The standard InChI is InChI=1S/C18H17N5O2/c1-23(13-8-4-3-5-9-13)16-12-19-22-18(21-16)20-15-11-7-6-10-14(15)17(24)25-2/h3-12H,1-2H3,(H,20,21,22). The van der Waals surface area contributed by atoms with Gasteiger partial charge in [0.15, 0.2) is 5.82 Å². The fraction of sp³-hybridized carbons (Fsp3) is 0.111. The number of esters is 1. The summed E-state index contributed by atoms with van der Waals surface area (Å²) in [6, 6.07) is 16.8. The third-order valence-corrected chi connectivity index (χ3v) is 3.61. The van der Waals surface area contributed by atoms with E-state index in [2.05, 4.69) is 20.5 Å². The lowest BCUT2D eigenvalue weighted by Gasteiger charge is -2.18.